The van der Waals surface area contributed by atoms with Gasteiger partial charge in [0.15, 0.2) is 0 Å². The molecule has 0 spiro atoms. The Morgan fingerprint density at radius 3 is 2.91 bits per heavy atom. The molecule has 1 radical (unpaired) electrons. The number of nitrogens with zero attached hydrogens (tertiary/aromatic N) is 1. The summed E-state index contributed by atoms with van der Waals surface area (Å²) in [5.74, 6) is 0.0660. The third kappa shape index (κ3) is 2.49. The average Bonchev–Trinajstić information content (AvgIpc) is 1.85. The lowest BCUT2D eigenvalue weighted by Gasteiger charge is -2.02. The van der Waals surface area contributed by atoms with Crippen LogP contribution in [0.2, 0.25) is 0 Å². The number of alkyl halides is 2. The Morgan fingerprint density at radius 1 is 1.64 bits per heavy atom. The number of aryl methyl sites for hydroxylation is 1. The molecule has 0 saturated carbocycles. The van der Waals surface area contributed by atoms with E-state index < -0.39 is 6.61 Å². The Kier molecular flexibility index (Phi) is 2.36. The zero-order valence-electron chi connectivity index (χ0n) is 5.84. The van der Waals surface area contributed by atoms with Crippen LogP contribution in [-0.2, 0) is 0 Å². The molecule has 0 fully saturated rings. The molecule has 59 valence electrons. The summed E-state index contributed by atoms with van der Waals surface area (Å²) in [5.41, 5.74) is 0.670. The second kappa shape index (κ2) is 3.27. The molecule has 0 bridgehead atoms. The molecular formula is C7H6F2NO. The zero-order chi connectivity index (χ0) is 8.27. The highest BCUT2D eigenvalue weighted by atomic mass is 19.3. The van der Waals surface area contributed by atoms with Crippen LogP contribution in [0.5, 0.6) is 5.75 Å². The molecule has 1 aromatic heterocycles. The average molecular weight is 158 g/mol. The molecule has 2 nitrogen and oxygen atoms in total. The SMILES string of the molecule is Cc1[c]ncc(OC(F)F)c1. The van der Waals surface area contributed by atoms with Crippen LogP contribution in [0.1, 0.15) is 5.56 Å². The van der Waals surface area contributed by atoms with Crippen molar-refractivity contribution >= 4 is 0 Å². The summed E-state index contributed by atoms with van der Waals surface area (Å²) >= 11 is 0. The first-order valence-corrected chi connectivity index (χ1v) is 2.97. The lowest BCUT2D eigenvalue weighted by molar-refractivity contribution is -0.0501. The highest BCUT2D eigenvalue weighted by Crippen LogP contribution is 2.12. The second-order valence-electron chi connectivity index (χ2n) is 1.98. The predicted molar refractivity (Wildman–Crippen MR) is 34.4 cm³/mol. The number of hydrogen-bond donors (Lipinski definition) is 0. The van der Waals surface area contributed by atoms with Crippen LogP contribution in [0, 0.1) is 13.1 Å². The Hall–Kier alpha value is -1.19. The van der Waals surface area contributed by atoms with Gasteiger partial charge in [-0.15, -0.1) is 0 Å². The van der Waals surface area contributed by atoms with Gasteiger partial charge in [-0.05, 0) is 18.6 Å². The quantitative estimate of drug-likeness (QED) is 0.654. The van der Waals surface area contributed by atoms with Crippen LogP contribution in [0.15, 0.2) is 12.3 Å². The summed E-state index contributed by atoms with van der Waals surface area (Å²) in [7, 11) is 0. The van der Waals surface area contributed by atoms with Crippen LogP contribution in [0.4, 0.5) is 8.78 Å². The maximum atomic E-state index is 11.6. The fourth-order valence-electron chi connectivity index (χ4n) is 0.648. The first-order valence-electron chi connectivity index (χ1n) is 2.97. The fourth-order valence-corrected chi connectivity index (χ4v) is 0.648. The second-order valence-corrected chi connectivity index (χ2v) is 1.98. The molecule has 0 N–H and O–H groups in total. The van der Waals surface area contributed by atoms with Crippen LogP contribution in [0.3, 0.4) is 0 Å². The molecule has 11 heavy (non-hydrogen) atoms. The number of ether oxygens (including phenoxy) is 1. The van der Waals surface area contributed by atoms with E-state index >= 15 is 0 Å². The predicted octanol–water partition coefficient (Wildman–Crippen LogP) is 1.79. The standard InChI is InChI=1S/C7H6F2NO/c1-5-2-6(4-10-3-5)11-7(8)9/h2,4,7H,1H3. The largest absolute Gasteiger partial charge is 0.433 e. The molecule has 1 aromatic rings. The molecule has 0 unspecified atom stereocenters. The van der Waals surface area contributed by atoms with Crippen LogP contribution in [0.25, 0.3) is 0 Å². The van der Waals surface area contributed by atoms with E-state index in [1.807, 2.05) is 0 Å². The maximum Gasteiger partial charge on any atom is 0.387 e. The minimum Gasteiger partial charge on any atom is -0.433 e. The highest BCUT2D eigenvalue weighted by molar-refractivity contribution is 5.21. The van der Waals surface area contributed by atoms with Crippen molar-refractivity contribution in [2.75, 3.05) is 0 Å². The Labute approximate surface area is 62.8 Å². The third-order valence-corrected chi connectivity index (χ3v) is 1.02. The van der Waals surface area contributed by atoms with Gasteiger partial charge in [0, 0.05) is 0 Å². The summed E-state index contributed by atoms with van der Waals surface area (Å²) in [6.07, 6.45) is 3.76. The lowest BCUT2D eigenvalue weighted by Crippen LogP contribution is -2.02. The van der Waals surface area contributed by atoms with Crippen molar-refractivity contribution in [2.45, 2.75) is 13.5 Å². The number of pyridine rings is 1. The van der Waals surface area contributed by atoms with Gasteiger partial charge in [0.1, 0.15) is 5.75 Å². The van der Waals surface area contributed by atoms with E-state index in [0.717, 1.165) is 0 Å². The normalized spacial score (nSPS) is 10.2. The molecule has 0 amide bonds. The van der Waals surface area contributed by atoms with E-state index in [4.69, 9.17) is 0 Å². The van der Waals surface area contributed by atoms with Gasteiger partial charge in [0.25, 0.3) is 0 Å². The molecule has 4 heteroatoms. The monoisotopic (exact) mass is 158 g/mol. The Morgan fingerprint density at radius 2 is 2.36 bits per heavy atom. The zero-order valence-corrected chi connectivity index (χ0v) is 5.84. The first-order chi connectivity index (χ1) is 5.18. The van der Waals surface area contributed by atoms with Crippen molar-refractivity contribution in [3.05, 3.63) is 24.0 Å². The van der Waals surface area contributed by atoms with Crippen molar-refractivity contribution in [3.8, 4) is 5.75 Å². The maximum absolute atomic E-state index is 11.6. The summed E-state index contributed by atoms with van der Waals surface area (Å²) in [6, 6.07) is 1.44. The highest BCUT2D eigenvalue weighted by Gasteiger charge is 2.03. The Bertz CT molecular complexity index is 240. The molecule has 1 heterocycles. The number of halogens is 2. The van der Waals surface area contributed by atoms with E-state index in [1.165, 1.54) is 12.3 Å². The minimum absolute atomic E-state index is 0.0660. The molecule has 0 aliphatic rings. The Balaban J connectivity index is 2.71. The molecule has 1 rings (SSSR count). The van der Waals surface area contributed by atoms with Gasteiger partial charge in [0.05, 0.1) is 12.4 Å². The van der Waals surface area contributed by atoms with Gasteiger partial charge in [-0.1, -0.05) is 0 Å². The number of hydrogen-bond acceptors (Lipinski definition) is 2. The van der Waals surface area contributed by atoms with Crippen LogP contribution >= 0.6 is 0 Å². The van der Waals surface area contributed by atoms with E-state index in [-0.39, 0.29) is 5.75 Å². The lowest BCUT2D eigenvalue weighted by atomic mass is 10.3. The van der Waals surface area contributed by atoms with Crippen molar-refractivity contribution in [1.29, 1.82) is 0 Å². The summed E-state index contributed by atoms with van der Waals surface area (Å²) in [5, 5.41) is 0. The van der Waals surface area contributed by atoms with E-state index in [0.29, 0.717) is 5.56 Å². The summed E-state index contributed by atoms with van der Waals surface area (Å²) in [4.78, 5) is 3.55. The van der Waals surface area contributed by atoms with Crippen molar-refractivity contribution in [1.82, 2.24) is 4.98 Å². The molecule has 0 saturated heterocycles. The fraction of sp³-hybridized carbons (Fsp3) is 0.286. The smallest absolute Gasteiger partial charge is 0.387 e. The molecule has 0 aromatic carbocycles. The topological polar surface area (TPSA) is 22.1 Å². The number of aromatic nitrogens is 1. The van der Waals surface area contributed by atoms with E-state index in [9.17, 15) is 8.78 Å². The van der Waals surface area contributed by atoms with Crippen LogP contribution < -0.4 is 4.74 Å². The van der Waals surface area contributed by atoms with Gasteiger partial charge in [-0.3, -0.25) is 4.98 Å². The van der Waals surface area contributed by atoms with Gasteiger partial charge in [-0.25, -0.2) is 0 Å². The summed E-state index contributed by atoms with van der Waals surface area (Å²) in [6.45, 7) is -1.09. The molecule has 0 atom stereocenters. The van der Waals surface area contributed by atoms with Crippen LogP contribution in [-0.4, -0.2) is 11.6 Å². The minimum atomic E-state index is -2.79. The first kappa shape index (κ1) is 7.91. The third-order valence-electron chi connectivity index (χ3n) is 1.02. The van der Waals surface area contributed by atoms with E-state index in [2.05, 4.69) is 15.9 Å². The van der Waals surface area contributed by atoms with Gasteiger partial charge in [0.2, 0.25) is 0 Å². The molecule has 0 aliphatic heterocycles. The van der Waals surface area contributed by atoms with E-state index in [1.54, 1.807) is 6.92 Å². The summed E-state index contributed by atoms with van der Waals surface area (Å²) < 4.78 is 27.3. The van der Waals surface area contributed by atoms with Crippen molar-refractivity contribution < 1.29 is 13.5 Å². The number of rotatable bonds is 2. The van der Waals surface area contributed by atoms with Gasteiger partial charge < -0.3 is 4.74 Å². The van der Waals surface area contributed by atoms with Gasteiger partial charge >= 0.3 is 6.61 Å². The van der Waals surface area contributed by atoms with Crippen molar-refractivity contribution in [2.24, 2.45) is 0 Å². The van der Waals surface area contributed by atoms with Crippen molar-refractivity contribution in [3.63, 3.8) is 0 Å². The molecular weight excluding hydrogens is 152 g/mol. The molecule has 0 aliphatic carbocycles. The van der Waals surface area contributed by atoms with Gasteiger partial charge in [-0.2, -0.15) is 8.78 Å².